The number of carbonyl (C=O) groups is 1. The molecule has 0 saturated carbocycles. The molecule has 7 heteroatoms. The van der Waals surface area contributed by atoms with Crippen LogP contribution < -0.4 is 5.32 Å². The highest BCUT2D eigenvalue weighted by Crippen LogP contribution is 2.21. The van der Waals surface area contributed by atoms with E-state index in [1.165, 1.54) is 23.7 Å². The highest BCUT2D eigenvalue weighted by Gasteiger charge is 2.04. The van der Waals surface area contributed by atoms with E-state index in [0.717, 1.165) is 9.21 Å². The number of aromatic nitrogens is 2. The zero-order chi connectivity index (χ0) is 12.3. The molecule has 0 aliphatic rings. The van der Waals surface area contributed by atoms with Crippen molar-refractivity contribution >= 4 is 34.7 Å². The quantitative estimate of drug-likeness (QED) is 0.892. The Balaban J connectivity index is 1.97. The summed E-state index contributed by atoms with van der Waals surface area (Å²) in [6.45, 7) is 0.582. The maximum absolute atomic E-state index is 10.6. The molecule has 0 unspecified atom stereocenters. The second-order valence-electron chi connectivity index (χ2n) is 3.15. The normalized spacial score (nSPS) is 10.2. The summed E-state index contributed by atoms with van der Waals surface area (Å²) in [6.07, 6.45) is 2.60. The van der Waals surface area contributed by atoms with Gasteiger partial charge in [-0.25, -0.2) is 14.8 Å². The van der Waals surface area contributed by atoms with E-state index in [0.29, 0.717) is 12.4 Å². The van der Waals surface area contributed by atoms with E-state index in [-0.39, 0.29) is 5.69 Å². The van der Waals surface area contributed by atoms with Crippen LogP contribution in [0.2, 0.25) is 4.34 Å². The molecule has 88 valence electrons. The van der Waals surface area contributed by atoms with Gasteiger partial charge in [0.25, 0.3) is 0 Å². The number of thiophene rings is 1. The van der Waals surface area contributed by atoms with Gasteiger partial charge in [0, 0.05) is 4.88 Å². The summed E-state index contributed by atoms with van der Waals surface area (Å²) in [5, 5.41) is 11.7. The molecule has 0 spiro atoms. The van der Waals surface area contributed by atoms with E-state index < -0.39 is 5.97 Å². The third-order valence-corrected chi connectivity index (χ3v) is 3.17. The lowest BCUT2D eigenvalue weighted by atomic mass is 10.4. The fraction of sp³-hybridized carbons (Fsp3) is 0.100. The van der Waals surface area contributed by atoms with Gasteiger partial charge < -0.3 is 10.4 Å². The van der Waals surface area contributed by atoms with Crippen LogP contribution in [0.3, 0.4) is 0 Å². The van der Waals surface area contributed by atoms with Crippen LogP contribution in [0, 0.1) is 0 Å². The first-order valence-corrected chi connectivity index (χ1v) is 5.88. The molecule has 2 aromatic heterocycles. The van der Waals surface area contributed by atoms with Crippen LogP contribution in [0.15, 0.2) is 24.5 Å². The molecule has 17 heavy (non-hydrogen) atoms. The minimum atomic E-state index is -1.09. The third kappa shape index (κ3) is 3.15. The number of rotatable bonds is 4. The Morgan fingerprint density at radius 1 is 1.41 bits per heavy atom. The van der Waals surface area contributed by atoms with Gasteiger partial charge in [0.15, 0.2) is 5.69 Å². The molecule has 2 heterocycles. The van der Waals surface area contributed by atoms with Crippen LogP contribution in [-0.2, 0) is 6.54 Å². The van der Waals surface area contributed by atoms with Gasteiger partial charge in [-0.05, 0) is 12.1 Å². The second kappa shape index (κ2) is 5.11. The number of aromatic carboxylic acids is 1. The van der Waals surface area contributed by atoms with Crippen LogP contribution in [0.1, 0.15) is 15.4 Å². The number of anilines is 1. The van der Waals surface area contributed by atoms with Crippen molar-refractivity contribution in [3.63, 3.8) is 0 Å². The number of hydrogen-bond donors (Lipinski definition) is 2. The second-order valence-corrected chi connectivity index (χ2v) is 4.95. The topological polar surface area (TPSA) is 75.1 Å². The Morgan fingerprint density at radius 3 is 2.76 bits per heavy atom. The lowest BCUT2D eigenvalue weighted by Gasteiger charge is -2.02. The molecular weight excluding hydrogens is 262 g/mol. The number of carboxylic acid groups (broad SMARTS) is 1. The number of nitrogens with zero attached hydrogens (tertiary/aromatic N) is 2. The Hall–Kier alpha value is -1.66. The van der Waals surface area contributed by atoms with E-state index in [1.807, 2.05) is 12.1 Å². The average molecular weight is 270 g/mol. The first-order chi connectivity index (χ1) is 8.15. The highest BCUT2D eigenvalue weighted by atomic mass is 35.5. The van der Waals surface area contributed by atoms with Gasteiger partial charge in [-0.15, -0.1) is 11.3 Å². The van der Waals surface area contributed by atoms with Gasteiger partial charge in [-0.1, -0.05) is 11.6 Å². The van der Waals surface area contributed by atoms with Crippen molar-refractivity contribution in [3.8, 4) is 0 Å². The molecule has 0 aliphatic carbocycles. The Kier molecular flexibility index (Phi) is 3.55. The number of carboxylic acids is 1. The van der Waals surface area contributed by atoms with E-state index in [4.69, 9.17) is 16.7 Å². The minimum Gasteiger partial charge on any atom is -0.476 e. The molecule has 0 fully saturated rings. The van der Waals surface area contributed by atoms with Crippen molar-refractivity contribution < 1.29 is 9.90 Å². The largest absolute Gasteiger partial charge is 0.476 e. The van der Waals surface area contributed by atoms with Gasteiger partial charge >= 0.3 is 5.97 Å². The van der Waals surface area contributed by atoms with Gasteiger partial charge in [-0.2, -0.15) is 0 Å². The van der Waals surface area contributed by atoms with Crippen molar-refractivity contribution in [3.05, 3.63) is 39.4 Å². The average Bonchev–Trinajstić information content (AvgIpc) is 2.73. The molecule has 0 aliphatic heterocycles. The molecule has 0 amide bonds. The SMILES string of the molecule is O=C(O)c1cnc(NCc2ccc(Cl)s2)cn1. The summed E-state index contributed by atoms with van der Waals surface area (Å²) in [5.74, 6) is -0.561. The molecule has 2 rings (SSSR count). The van der Waals surface area contributed by atoms with Crippen LogP contribution in [-0.4, -0.2) is 21.0 Å². The minimum absolute atomic E-state index is 0.0743. The monoisotopic (exact) mass is 269 g/mol. The van der Waals surface area contributed by atoms with Gasteiger partial charge in [0.05, 0.1) is 23.3 Å². The van der Waals surface area contributed by atoms with Crippen LogP contribution in [0.4, 0.5) is 5.82 Å². The van der Waals surface area contributed by atoms with Crippen LogP contribution >= 0.6 is 22.9 Å². The van der Waals surface area contributed by atoms with E-state index in [9.17, 15) is 4.79 Å². The first-order valence-electron chi connectivity index (χ1n) is 4.68. The molecule has 2 aromatic rings. The maximum Gasteiger partial charge on any atom is 0.356 e. The Labute approximate surface area is 106 Å². The molecule has 0 bridgehead atoms. The molecule has 0 atom stereocenters. The maximum atomic E-state index is 10.6. The van der Waals surface area contributed by atoms with Crippen LogP contribution in [0.5, 0.6) is 0 Å². The zero-order valence-electron chi connectivity index (χ0n) is 8.55. The number of halogens is 1. The summed E-state index contributed by atoms with van der Waals surface area (Å²) in [6, 6.07) is 3.74. The molecule has 2 N–H and O–H groups in total. The van der Waals surface area contributed by atoms with Crippen molar-refractivity contribution in [1.82, 2.24) is 9.97 Å². The molecule has 0 aromatic carbocycles. The Bertz CT molecular complexity index is 527. The van der Waals surface area contributed by atoms with Gasteiger partial charge in [-0.3, -0.25) is 0 Å². The first kappa shape index (κ1) is 11.8. The summed E-state index contributed by atoms with van der Waals surface area (Å²) < 4.78 is 0.731. The fourth-order valence-corrected chi connectivity index (χ4v) is 2.18. The molecule has 5 nitrogen and oxygen atoms in total. The van der Waals surface area contributed by atoms with Crippen molar-refractivity contribution in [2.75, 3.05) is 5.32 Å². The van der Waals surface area contributed by atoms with Crippen LogP contribution in [0.25, 0.3) is 0 Å². The number of nitrogens with one attached hydrogen (secondary N) is 1. The van der Waals surface area contributed by atoms with E-state index >= 15 is 0 Å². The molecule has 0 saturated heterocycles. The lowest BCUT2D eigenvalue weighted by molar-refractivity contribution is 0.0690. The van der Waals surface area contributed by atoms with Crippen molar-refractivity contribution in [2.24, 2.45) is 0 Å². The standard InChI is InChI=1S/C10H8ClN3O2S/c11-8-2-1-6(17-8)3-13-9-5-12-7(4-14-9)10(15)16/h1-2,4-5H,3H2,(H,13,14)(H,15,16). The van der Waals surface area contributed by atoms with Gasteiger partial charge in [0.1, 0.15) is 5.82 Å². The lowest BCUT2D eigenvalue weighted by Crippen LogP contribution is -2.04. The van der Waals surface area contributed by atoms with E-state index in [1.54, 1.807) is 0 Å². The van der Waals surface area contributed by atoms with Gasteiger partial charge in [0.2, 0.25) is 0 Å². The number of hydrogen-bond acceptors (Lipinski definition) is 5. The highest BCUT2D eigenvalue weighted by molar-refractivity contribution is 7.16. The Morgan fingerprint density at radius 2 is 2.24 bits per heavy atom. The summed E-state index contributed by atoms with van der Waals surface area (Å²) in [5.41, 5.74) is -0.0743. The summed E-state index contributed by atoms with van der Waals surface area (Å²) in [7, 11) is 0. The van der Waals surface area contributed by atoms with Crippen molar-refractivity contribution in [2.45, 2.75) is 6.54 Å². The fourth-order valence-electron chi connectivity index (χ4n) is 1.15. The molecule has 0 radical (unpaired) electrons. The summed E-state index contributed by atoms with van der Waals surface area (Å²) in [4.78, 5) is 19.3. The van der Waals surface area contributed by atoms with Crippen molar-refractivity contribution in [1.29, 1.82) is 0 Å². The van der Waals surface area contributed by atoms with E-state index in [2.05, 4.69) is 15.3 Å². The predicted octanol–water partition coefficient (Wildman–Crippen LogP) is 2.50. The summed E-state index contributed by atoms with van der Waals surface area (Å²) >= 11 is 7.27. The zero-order valence-corrected chi connectivity index (χ0v) is 10.1. The smallest absolute Gasteiger partial charge is 0.356 e. The predicted molar refractivity (Wildman–Crippen MR) is 65.6 cm³/mol. The third-order valence-electron chi connectivity index (χ3n) is 1.94. The molecular formula is C10H8ClN3O2S.